The fraction of sp³-hybridized carbons (Fsp3) is 0.769. The zero-order valence-corrected chi connectivity index (χ0v) is 53.0. The smallest absolute Gasteiger partial charge is 0.326 e. The second-order valence-electron chi connectivity index (χ2n) is 23.1. The number of aryl methyl sites for hydroxylation is 1. The van der Waals surface area contributed by atoms with Crippen LogP contribution in [0, 0.1) is 30.6 Å². The molecule has 1 aromatic rings. The summed E-state index contributed by atoms with van der Waals surface area (Å²) in [6.07, 6.45) is 27.4. The summed E-state index contributed by atoms with van der Waals surface area (Å²) in [5.74, 6) is -3.14. The van der Waals surface area contributed by atoms with Crippen molar-refractivity contribution in [1.29, 1.82) is 0 Å². The average Bonchev–Trinajstić information content (AvgIpc) is 3.69. The second kappa shape index (κ2) is 52.6. The quantitative estimate of drug-likeness (QED) is 0.0285. The SMILES string of the molecule is CC(=O)NCCOCCOCC(=O)NCCOCCOCC(=O)NCCCC[C@H](C)C(=O)C[C@@H](Cc1ccc(C)cc1)C(N)=O.CCC[C@H](NC(=O)C1CCC(CNC(=O)CCCCCCCCCCCCCCCCCCC(=O)O)CC1)C(=O)O. The second-order valence-corrected chi connectivity index (χ2v) is 23.1. The van der Waals surface area contributed by atoms with Crippen LogP contribution in [0.3, 0.4) is 0 Å². The molecule has 0 unspecified atom stereocenters. The topological polar surface area (TPSA) is 317 Å². The van der Waals surface area contributed by atoms with Gasteiger partial charge in [0.2, 0.25) is 35.4 Å². The van der Waals surface area contributed by atoms with E-state index in [0.717, 1.165) is 75.3 Å². The number of hydrogen-bond donors (Lipinski definition) is 8. The molecule has 0 saturated heterocycles. The molecule has 86 heavy (non-hydrogen) atoms. The van der Waals surface area contributed by atoms with Gasteiger partial charge in [-0.1, -0.05) is 146 Å². The van der Waals surface area contributed by atoms with Crippen molar-refractivity contribution in [2.24, 2.45) is 29.4 Å². The number of carboxylic acid groups (broad SMARTS) is 2. The van der Waals surface area contributed by atoms with E-state index in [2.05, 4.69) is 26.6 Å². The van der Waals surface area contributed by atoms with E-state index in [4.69, 9.17) is 29.8 Å². The summed E-state index contributed by atoms with van der Waals surface area (Å²) in [5, 5.41) is 31.7. The number of Topliss-reactive ketones (excluding diaryl/α,β-unsaturated/α-hetero) is 1. The Kier molecular flexibility index (Phi) is 48.0. The van der Waals surface area contributed by atoms with E-state index in [0.29, 0.717) is 90.4 Å². The molecule has 0 aliphatic heterocycles. The number of ketones is 1. The number of hydrogen-bond acceptors (Lipinski definition) is 13. The number of nitrogens with two attached hydrogens (primary N) is 1. The number of primary amides is 1. The molecule has 0 bridgehead atoms. The van der Waals surface area contributed by atoms with Crippen molar-refractivity contribution in [3.8, 4) is 0 Å². The first-order valence-corrected chi connectivity index (χ1v) is 32.4. The molecule has 1 saturated carbocycles. The van der Waals surface area contributed by atoms with Crippen molar-refractivity contribution in [1.82, 2.24) is 26.6 Å². The number of carbonyl (C=O) groups is 9. The Morgan fingerprint density at radius 2 is 1.06 bits per heavy atom. The lowest BCUT2D eigenvalue weighted by molar-refractivity contribution is -0.143. The number of rotatable bonds is 53. The van der Waals surface area contributed by atoms with Crippen LogP contribution in [0.25, 0.3) is 0 Å². The van der Waals surface area contributed by atoms with Gasteiger partial charge in [-0.05, 0) is 82.6 Å². The Balaban J connectivity index is 0.000000864. The molecule has 21 nitrogen and oxygen atoms in total. The van der Waals surface area contributed by atoms with Crippen LogP contribution in [0.5, 0.6) is 0 Å². The number of unbranched alkanes of at least 4 members (excludes halogenated alkanes) is 16. The van der Waals surface area contributed by atoms with E-state index in [1.165, 1.54) is 84.0 Å². The van der Waals surface area contributed by atoms with Gasteiger partial charge >= 0.3 is 11.9 Å². The molecular weight excluding hydrogens is 1100 g/mol. The van der Waals surface area contributed by atoms with Crippen molar-refractivity contribution in [3.63, 3.8) is 0 Å². The Bertz CT molecular complexity index is 2020. The molecule has 492 valence electrons. The minimum Gasteiger partial charge on any atom is -0.481 e. The first kappa shape index (κ1) is 78.5. The van der Waals surface area contributed by atoms with Crippen LogP contribution in [-0.2, 0) is 68.5 Å². The highest BCUT2D eigenvalue weighted by Gasteiger charge is 2.29. The van der Waals surface area contributed by atoms with Gasteiger partial charge in [-0.15, -0.1) is 0 Å². The van der Waals surface area contributed by atoms with Gasteiger partial charge < -0.3 is 61.5 Å². The lowest BCUT2D eigenvalue weighted by Crippen LogP contribution is -2.44. The summed E-state index contributed by atoms with van der Waals surface area (Å²) < 4.78 is 21.1. The zero-order chi connectivity index (χ0) is 63.4. The molecule has 2 rings (SSSR count). The maximum atomic E-state index is 12.7. The van der Waals surface area contributed by atoms with Crippen LogP contribution in [0.15, 0.2) is 24.3 Å². The van der Waals surface area contributed by atoms with E-state index in [1.807, 2.05) is 45.0 Å². The molecule has 1 aromatic carbocycles. The highest BCUT2D eigenvalue weighted by molar-refractivity contribution is 5.87. The van der Waals surface area contributed by atoms with Crippen molar-refractivity contribution in [3.05, 3.63) is 35.4 Å². The number of aliphatic carboxylic acids is 2. The molecule has 6 amide bonds. The predicted molar refractivity (Wildman–Crippen MR) is 332 cm³/mol. The van der Waals surface area contributed by atoms with Crippen LogP contribution in [0.2, 0.25) is 0 Å². The van der Waals surface area contributed by atoms with E-state index in [9.17, 15) is 48.3 Å². The highest BCUT2D eigenvalue weighted by Crippen LogP contribution is 2.29. The Morgan fingerprint density at radius 3 is 1.55 bits per heavy atom. The van der Waals surface area contributed by atoms with Gasteiger partial charge in [-0.2, -0.15) is 0 Å². The van der Waals surface area contributed by atoms with Gasteiger partial charge in [0.1, 0.15) is 25.0 Å². The first-order chi connectivity index (χ1) is 41.4. The number of nitrogens with one attached hydrogen (secondary N) is 5. The summed E-state index contributed by atoms with van der Waals surface area (Å²) in [7, 11) is 0. The van der Waals surface area contributed by atoms with Gasteiger partial charge in [0.05, 0.1) is 39.6 Å². The van der Waals surface area contributed by atoms with E-state index in [1.54, 1.807) is 0 Å². The van der Waals surface area contributed by atoms with E-state index < -0.39 is 29.8 Å². The summed E-state index contributed by atoms with van der Waals surface area (Å²) in [5.41, 5.74) is 7.68. The Hall–Kier alpha value is -5.51. The first-order valence-electron chi connectivity index (χ1n) is 32.4. The van der Waals surface area contributed by atoms with Gasteiger partial charge in [0, 0.05) is 70.1 Å². The van der Waals surface area contributed by atoms with Crippen LogP contribution < -0.4 is 32.3 Å². The largest absolute Gasteiger partial charge is 0.481 e. The third kappa shape index (κ3) is 45.8. The van der Waals surface area contributed by atoms with Crippen molar-refractivity contribution in [2.75, 3.05) is 79.0 Å². The standard InChI is InChI=1S/C33H60N2O6.C32H52N4O9/c1-2-19-29(33(40)41)35-32(39)28-24-22-27(23-25-28)26-34-30(36)20-17-15-13-11-9-7-5-3-4-6-8-10-12-14-16-18-21-31(37)38;1-24-7-9-27(10-8-24)20-28(32(33)41)21-29(38)25(2)6-4-5-11-35-30(39)22-44-19-17-43-15-13-36-31(40)23-45-18-16-42-14-12-34-26(3)37/h27-29H,2-26H2,1H3,(H,34,36)(H,35,39)(H,37,38)(H,40,41);7-10,25,28H,4-6,11-23H2,1-3H3,(H2,33,41)(H,34,37)(H,35,39)(H,36,40)/t27?,28?,29-;25-,28+/m00/s1. The molecule has 3 atom stereocenters. The molecule has 0 spiro atoms. The zero-order valence-electron chi connectivity index (χ0n) is 53.0. The molecule has 0 radical (unpaired) electrons. The fourth-order valence-corrected chi connectivity index (χ4v) is 9.97. The summed E-state index contributed by atoms with van der Waals surface area (Å²) in [6.45, 7) is 10.7. The maximum absolute atomic E-state index is 12.7. The average molecular weight is 1220 g/mol. The fourth-order valence-electron chi connectivity index (χ4n) is 9.97. The lowest BCUT2D eigenvalue weighted by Gasteiger charge is -2.28. The molecular formula is C65H112N6O15. The molecule has 21 heteroatoms. The van der Waals surface area contributed by atoms with Crippen molar-refractivity contribution in [2.45, 2.75) is 220 Å². The number of ether oxygens (including phenoxy) is 4. The van der Waals surface area contributed by atoms with Gasteiger partial charge in [-0.3, -0.25) is 38.4 Å². The molecule has 0 aromatic heterocycles. The summed E-state index contributed by atoms with van der Waals surface area (Å²) in [6, 6.07) is 7.07. The van der Waals surface area contributed by atoms with Crippen molar-refractivity contribution >= 4 is 53.2 Å². The number of carboxylic acids is 2. The minimum absolute atomic E-state index is 0.0245. The number of carbonyl (C=O) groups excluding carboxylic acids is 7. The minimum atomic E-state index is -0.967. The van der Waals surface area contributed by atoms with Crippen LogP contribution >= 0.6 is 0 Å². The Labute approximate surface area is 514 Å². The summed E-state index contributed by atoms with van der Waals surface area (Å²) >= 11 is 0. The van der Waals surface area contributed by atoms with Gasteiger partial charge in [0.15, 0.2) is 0 Å². The third-order valence-electron chi connectivity index (χ3n) is 15.3. The Morgan fingerprint density at radius 1 is 0.570 bits per heavy atom. The maximum Gasteiger partial charge on any atom is 0.326 e. The van der Waals surface area contributed by atoms with Crippen LogP contribution in [-0.4, -0.2) is 148 Å². The molecule has 1 aliphatic rings. The van der Waals surface area contributed by atoms with E-state index in [-0.39, 0.29) is 86.6 Å². The molecule has 9 N–H and O–H groups in total. The van der Waals surface area contributed by atoms with Crippen LogP contribution in [0.1, 0.15) is 212 Å². The molecule has 0 heterocycles. The molecule has 1 fully saturated rings. The monoisotopic (exact) mass is 1220 g/mol. The highest BCUT2D eigenvalue weighted by atomic mass is 16.5. The van der Waals surface area contributed by atoms with Crippen molar-refractivity contribution < 1.29 is 72.3 Å². The lowest BCUT2D eigenvalue weighted by atomic mass is 9.81. The number of benzene rings is 1. The third-order valence-corrected chi connectivity index (χ3v) is 15.3. The molecule has 1 aliphatic carbocycles. The summed E-state index contributed by atoms with van der Waals surface area (Å²) in [4.78, 5) is 105. The van der Waals surface area contributed by atoms with Crippen LogP contribution in [0.4, 0.5) is 0 Å². The van der Waals surface area contributed by atoms with E-state index >= 15 is 0 Å². The van der Waals surface area contributed by atoms with Gasteiger partial charge in [-0.25, -0.2) is 4.79 Å². The predicted octanol–water partition coefficient (Wildman–Crippen LogP) is 8.22. The normalized spacial score (nSPS) is 14.8. The van der Waals surface area contributed by atoms with Gasteiger partial charge in [0.25, 0.3) is 0 Å². The number of amides is 6.